The second-order valence-electron chi connectivity index (χ2n) is 35.4. The largest absolute Gasteiger partial charge is 0.336 e. The highest BCUT2D eigenvalue weighted by Gasteiger charge is 2.24. The molecule has 0 aliphatic carbocycles. The lowest BCUT2D eigenvalue weighted by molar-refractivity contribution is 0.882. The van der Waals surface area contributed by atoms with Gasteiger partial charge in [-0.2, -0.15) is 0 Å². The van der Waals surface area contributed by atoms with E-state index >= 15 is 0 Å². The summed E-state index contributed by atoms with van der Waals surface area (Å²) in [4.78, 5) is 0. The van der Waals surface area contributed by atoms with Gasteiger partial charge in [-0.25, -0.2) is 0 Å². The van der Waals surface area contributed by atoms with Crippen molar-refractivity contribution in [3.63, 3.8) is 0 Å². The first-order valence-corrected chi connectivity index (χ1v) is 45.7. The third-order valence-corrected chi connectivity index (χ3v) is 28.2. The standard InChI is InChI=1S/2C63H41N3/c1-3-17-47(18-4-1)65-61-26-14-12-24-52(61)54-36-42(30-34-62(54)65)41-28-32-58-55(37-41)56-38-43(44-27-31-53-51-23-11-13-25-60(51)66(63(53)39-44)48-19-5-2-6-20-48)29-33-59(56)64(58)40-57-49-21-9-7-15-45(49)35-46-16-8-10-22-50(46)57;1-3-17-47(18-4-1)65-60-25-13-11-23-51(60)53-36-43(29-33-62(53)65)41-27-31-58-55(38-41)56-39-42(44-30-34-63-54(37-44)52-24-12-14-26-61(52)66(63)48-19-5-2-6-20-48)28-32-59(56)64(58)40-57-49-21-9-7-15-45(49)35-46-16-8-10-22-50(46)57/h2*1-39H,40H2. The van der Waals surface area contributed by atoms with E-state index in [1.807, 2.05) is 0 Å². The van der Waals surface area contributed by atoms with E-state index in [4.69, 9.17) is 0 Å². The van der Waals surface area contributed by atoms with E-state index < -0.39 is 0 Å². The van der Waals surface area contributed by atoms with Crippen molar-refractivity contribution in [1.82, 2.24) is 27.4 Å². The summed E-state index contributed by atoms with van der Waals surface area (Å²) in [5, 5.41) is 25.3. The minimum Gasteiger partial charge on any atom is -0.336 e. The van der Waals surface area contributed by atoms with Gasteiger partial charge in [0.05, 0.1) is 44.1 Å². The second-order valence-corrected chi connectivity index (χ2v) is 35.4. The smallest absolute Gasteiger partial charge is 0.0547 e. The molecule has 6 heterocycles. The lowest BCUT2D eigenvalue weighted by Crippen LogP contribution is -2.01. The predicted octanol–water partition coefficient (Wildman–Crippen LogP) is 33.4. The third kappa shape index (κ3) is 12.0. The first-order chi connectivity index (χ1) is 65.5. The summed E-state index contributed by atoms with van der Waals surface area (Å²) in [6.45, 7) is 1.49. The van der Waals surface area contributed by atoms with Crippen LogP contribution in [0.15, 0.2) is 473 Å². The van der Waals surface area contributed by atoms with Crippen molar-refractivity contribution in [3.8, 4) is 67.3 Å². The Morgan fingerprint density at radius 1 is 0.121 bits per heavy atom. The number of hydrogen-bond donors (Lipinski definition) is 0. The van der Waals surface area contributed by atoms with Crippen LogP contribution in [-0.2, 0) is 13.1 Å². The highest BCUT2D eigenvalue weighted by atomic mass is 15.0. The zero-order chi connectivity index (χ0) is 86.6. The molecule has 0 amide bonds. The van der Waals surface area contributed by atoms with E-state index in [0.717, 1.165) is 18.8 Å². The van der Waals surface area contributed by atoms with Crippen molar-refractivity contribution in [2.24, 2.45) is 0 Å². The van der Waals surface area contributed by atoms with Crippen LogP contribution in [0.25, 0.3) is 241 Å². The van der Waals surface area contributed by atoms with Crippen LogP contribution < -0.4 is 0 Å². The molecular weight excluding hydrogens is 1600 g/mol. The van der Waals surface area contributed by atoms with Crippen molar-refractivity contribution in [3.05, 3.63) is 484 Å². The Balaban J connectivity index is 0.000000135. The third-order valence-electron chi connectivity index (χ3n) is 28.2. The van der Waals surface area contributed by atoms with Crippen LogP contribution in [0.2, 0.25) is 0 Å². The summed E-state index contributed by atoms with van der Waals surface area (Å²) in [6, 6.07) is 175. The molecule has 0 saturated heterocycles. The van der Waals surface area contributed by atoms with Gasteiger partial charge in [-0.1, -0.05) is 297 Å². The quantitative estimate of drug-likeness (QED) is 0.109. The van der Waals surface area contributed by atoms with Gasteiger partial charge in [-0.15, -0.1) is 0 Å². The van der Waals surface area contributed by atoms with Crippen LogP contribution in [-0.4, -0.2) is 27.4 Å². The predicted molar refractivity (Wildman–Crippen MR) is 559 cm³/mol. The number of aromatic nitrogens is 6. The van der Waals surface area contributed by atoms with Crippen molar-refractivity contribution in [2.75, 3.05) is 0 Å². The van der Waals surface area contributed by atoms with Gasteiger partial charge in [-0.3, -0.25) is 0 Å². The van der Waals surface area contributed by atoms with E-state index in [1.54, 1.807) is 0 Å². The molecule has 28 rings (SSSR count). The molecule has 6 heteroatoms. The fourth-order valence-electron chi connectivity index (χ4n) is 22.2. The Morgan fingerprint density at radius 2 is 0.311 bits per heavy atom. The van der Waals surface area contributed by atoms with Gasteiger partial charge in [-0.05, 0) is 275 Å². The van der Waals surface area contributed by atoms with Crippen LogP contribution in [0.5, 0.6) is 0 Å². The Hall–Kier alpha value is -17.3. The maximum Gasteiger partial charge on any atom is 0.0547 e. The maximum atomic E-state index is 2.56. The maximum absolute atomic E-state index is 2.56. The molecule has 0 N–H and O–H groups in total. The Kier molecular flexibility index (Phi) is 17.1. The molecule has 0 saturated carbocycles. The van der Waals surface area contributed by atoms with Gasteiger partial charge < -0.3 is 27.4 Å². The molecular formula is C126H82N6. The van der Waals surface area contributed by atoms with Crippen LogP contribution in [0.3, 0.4) is 0 Å². The monoisotopic (exact) mass is 1680 g/mol. The molecule has 132 heavy (non-hydrogen) atoms. The molecule has 0 aliphatic heterocycles. The topological polar surface area (TPSA) is 29.6 Å². The Bertz CT molecular complexity index is 9260. The summed E-state index contributed by atoms with van der Waals surface area (Å²) in [5.41, 5.74) is 31.6. The fourth-order valence-corrected chi connectivity index (χ4v) is 22.2. The number of rotatable bonds is 12. The fraction of sp³-hybridized carbons (Fsp3) is 0.0159. The van der Waals surface area contributed by atoms with E-state index in [1.165, 1.54) is 247 Å². The molecule has 0 spiro atoms. The number of fused-ring (bicyclic) bond motifs is 22. The Morgan fingerprint density at radius 3 is 0.591 bits per heavy atom. The van der Waals surface area contributed by atoms with Crippen molar-refractivity contribution in [2.45, 2.75) is 13.1 Å². The van der Waals surface area contributed by atoms with Gasteiger partial charge in [0.1, 0.15) is 0 Å². The normalized spacial score (nSPS) is 12.0. The number of para-hydroxylation sites is 8. The summed E-state index contributed by atoms with van der Waals surface area (Å²) in [6.07, 6.45) is 0. The second kappa shape index (κ2) is 30.2. The van der Waals surface area contributed by atoms with Crippen LogP contribution in [0.4, 0.5) is 0 Å². The molecule has 6 nitrogen and oxygen atoms in total. The molecule has 0 unspecified atom stereocenters. The van der Waals surface area contributed by atoms with Gasteiger partial charge in [0.25, 0.3) is 0 Å². The molecule has 22 aromatic carbocycles. The van der Waals surface area contributed by atoms with E-state index in [-0.39, 0.29) is 0 Å². The van der Waals surface area contributed by atoms with Gasteiger partial charge in [0.2, 0.25) is 0 Å². The minimum absolute atomic E-state index is 0.745. The molecule has 0 atom stereocenters. The summed E-state index contributed by atoms with van der Waals surface area (Å²) >= 11 is 0. The molecule has 0 radical (unpaired) electrons. The number of nitrogens with zero attached hydrogens (tertiary/aromatic N) is 6. The molecule has 6 aromatic heterocycles. The van der Waals surface area contributed by atoms with Gasteiger partial charge >= 0.3 is 0 Å². The van der Waals surface area contributed by atoms with Gasteiger partial charge in [0, 0.05) is 123 Å². The number of benzene rings is 22. The Labute approximate surface area is 760 Å². The molecule has 0 aliphatic rings. The summed E-state index contributed by atoms with van der Waals surface area (Å²) < 4.78 is 14.7. The average molecular weight is 1680 g/mol. The van der Waals surface area contributed by atoms with Crippen LogP contribution in [0, 0.1) is 0 Å². The first kappa shape index (κ1) is 74.9. The first-order valence-electron chi connectivity index (χ1n) is 45.7. The number of hydrogen-bond acceptors (Lipinski definition) is 0. The highest BCUT2D eigenvalue weighted by Crippen LogP contribution is 2.46. The van der Waals surface area contributed by atoms with E-state index in [9.17, 15) is 0 Å². The average Bonchev–Trinajstić information content (AvgIpc) is 1.58. The molecule has 28 aromatic rings. The zero-order valence-corrected chi connectivity index (χ0v) is 72.1. The van der Waals surface area contributed by atoms with Crippen molar-refractivity contribution >= 4 is 174 Å². The van der Waals surface area contributed by atoms with Crippen LogP contribution >= 0.6 is 0 Å². The SMILES string of the molecule is c1ccc(-n2c3ccccc3c3cc(-c4ccc5c(c4)c4cc(-c6ccc7c(c6)c6ccccc6n7-c6ccccc6)ccc4n5Cc4c5ccccc5cc5ccccc45)ccc32)cc1.c1ccc(-n2c3ccccc3c3cc(-c4ccc5c(c4)c4cc(-c6ccc7c8ccccc8n(-c8ccccc8)c7c6)ccc4n5Cc4c5ccccc5cc5ccccc45)ccc32)cc1. The summed E-state index contributed by atoms with van der Waals surface area (Å²) in [5.74, 6) is 0. The lowest BCUT2D eigenvalue weighted by Gasteiger charge is -2.15. The van der Waals surface area contributed by atoms with Crippen molar-refractivity contribution in [1.29, 1.82) is 0 Å². The van der Waals surface area contributed by atoms with Crippen LogP contribution in [0.1, 0.15) is 11.1 Å². The summed E-state index contributed by atoms with van der Waals surface area (Å²) in [7, 11) is 0. The highest BCUT2D eigenvalue weighted by molar-refractivity contribution is 6.18. The van der Waals surface area contributed by atoms with Gasteiger partial charge in [0.15, 0.2) is 0 Å². The minimum atomic E-state index is 0.745. The van der Waals surface area contributed by atoms with E-state index in [0.29, 0.717) is 0 Å². The zero-order valence-electron chi connectivity index (χ0n) is 72.1. The molecule has 0 bridgehead atoms. The molecule has 616 valence electrons. The molecule has 0 fully saturated rings. The van der Waals surface area contributed by atoms with E-state index in [2.05, 4.69) is 501 Å². The lowest BCUT2D eigenvalue weighted by atomic mass is 9.96. The van der Waals surface area contributed by atoms with Crippen molar-refractivity contribution < 1.29 is 0 Å².